The molecule has 1 saturated carbocycles. The van der Waals surface area contributed by atoms with Crippen LogP contribution in [0.15, 0.2) is 34.7 Å². The average molecular weight is 285 g/mol. The second-order valence-electron chi connectivity index (χ2n) is 6.65. The molecule has 1 aliphatic carbocycles. The summed E-state index contributed by atoms with van der Waals surface area (Å²) in [5, 5.41) is 4.97. The zero-order valence-corrected chi connectivity index (χ0v) is 13.3. The topological polar surface area (TPSA) is 25.2 Å². The van der Waals surface area contributed by atoms with Crippen LogP contribution in [0.1, 0.15) is 57.8 Å². The van der Waals surface area contributed by atoms with Crippen LogP contribution in [-0.2, 0) is 0 Å². The molecule has 1 aromatic carbocycles. The highest BCUT2D eigenvalue weighted by Crippen LogP contribution is 2.38. The zero-order chi connectivity index (χ0) is 14.7. The quantitative estimate of drug-likeness (QED) is 0.806. The van der Waals surface area contributed by atoms with Crippen LogP contribution in [0, 0.1) is 11.8 Å². The van der Waals surface area contributed by atoms with Gasteiger partial charge in [-0.3, -0.25) is 0 Å². The number of hydrogen-bond acceptors (Lipinski definition) is 2. The van der Waals surface area contributed by atoms with E-state index < -0.39 is 0 Å². The van der Waals surface area contributed by atoms with E-state index >= 15 is 0 Å². The molecule has 1 aromatic heterocycles. The smallest absolute Gasteiger partial charge is 0.134 e. The maximum atomic E-state index is 6.15. The van der Waals surface area contributed by atoms with Crippen LogP contribution in [0.3, 0.4) is 0 Å². The van der Waals surface area contributed by atoms with Crippen LogP contribution in [0.4, 0.5) is 0 Å². The minimum atomic E-state index is 0.375. The van der Waals surface area contributed by atoms with Crippen molar-refractivity contribution < 1.29 is 4.42 Å². The monoisotopic (exact) mass is 285 g/mol. The Balaban J connectivity index is 1.86. The highest BCUT2D eigenvalue weighted by atomic mass is 16.3. The molecule has 0 spiro atoms. The van der Waals surface area contributed by atoms with Crippen LogP contribution in [0.2, 0.25) is 0 Å². The van der Waals surface area contributed by atoms with Gasteiger partial charge in [0.2, 0.25) is 0 Å². The number of para-hydroxylation sites is 1. The molecule has 21 heavy (non-hydrogen) atoms. The first-order valence-electron chi connectivity index (χ1n) is 8.49. The van der Waals surface area contributed by atoms with Crippen molar-refractivity contribution in [3.05, 3.63) is 36.1 Å². The first-order valence-corrected chi connectivity index (χ1v) is 8.49. The Labute approximate surface area is 127 Å². The minimum absolute atomic E-state index is 0.375. The molecule has 114 valence electrons. The molecule has 0 saturated heterocycles. The van der Waals surface area contributed by atoms with Crippen molar-refractivity contribution >= 4 is 11.0 Å². The standard InChI is InChI=1S/C19H27NO/c1-3-11-20-19(16-9-6-7-14(2)12-16)18-13-15-8-4-5-10-17(15)21-18/h4-5,8,10,13-14,16,19-20H,3,6-7,9,11-12H2,1-2H3. The molecule has 3 unspecified atom stereocenters. The van der Waals surface area contributed by atoms with Crippen molar-refractivity contribution in [2.75, 3.05) is 6.54 Å². The molecule has 0 amide bonds. The van der Waals surface area contributed by atoms with Crippen molar-refractivity contribution in [3.8, 4) is 0 Å². The van der Waals surface area contributed by atoms with Gasteiger partial charge in [0.15, 0.2) is 0 Å². The lowest BCUT2D eigenvalue weighted by molar-refractivity contribution is 0.207. The molecule has 0 bridgehead atoms. The van der Waals surface area contributed by atoms with Gasteiger partial charge < -0.3 is 9.73 Å². The van der Waals surface area contributed by atoms with E-state index in [0.717, 1.165) is 23.8 Å². The lowest BCUT2D eigenvalue weighted by atomic mass is 9.78. The van der Waals surface area contributed by atoms with Crippen molar-refractivity contribution in [2.45, 2.75) is 52.0 Å². The van der Waals surface area contributed by atoms with Gasteiger partial charge in [0, 0.05) is 5.39 Å². The van der Waals surface area contributed by atoms with Crippen LogP contribution >= 0.6 is 0 Å². The van der Waals surface area contributed by atoms with E-state index in [1.807, 2.05) is 6.07 Å². The normalized spacial score (nSPS) is 24.3. The summed E-state index contributed by atoms with van der Waals surface area (Å²) in [7, 11) is 0. The molecule has 1 fully saturated rings. The number of fused-ring (bicyclic) bond motifs is 1. The molecule has 1 N–H and O–H groups in total. The van der Waals surface area contributed by atoms with Crippen LogP contribution in [0.25, 0.3) is 11.0 Å². The summed E-state index contributed by atoms with van der Waals surface area (Å²) in [6.07, 6.45) is 6.55. The summed E-state index contributed by atoms with van der Waals surface area (Å²) in [6, 6.07) is 11.0. The first kappa shape index (κ1) is 14.6. The number of furan rings is 1. The molecule has 3 rings (SSSR count). The summed E-state index contributed by atoms with van der Waals surface area (Å²) in [6.45, 7) is 5.68. The lowest BCUT2D eigenvalue weighted by Gasteiger charge is -2.32. The number of nitrogens with one attached hydrogen (secondary N) is 1. The first-order chi connectivity index (χ1) is 10.3. The summed E-state index contributed by atoms with van der Waals surface area (Å²) in [5.74, 6) is 2.68. The molecule has 2 aromatic rings. The lowest BCUT2D eigenvalue weighted by Crippen LogP contribution is -2.31. The van der Waals surface area contributed by atoms with E-state index in [9.17, 15) is 0 Å². The summed E-state index contributed by atoms with van der Waals surface area (Å²) < 4.78 is 6.15. The summed E-state index contributed by atoms with van der Waals surface area (Å²) in [4.78, 5) is 0. The molecule has 1 aliphatic rings. The third-order valence-electron chi connectivity index (χ3n) is 4.81. The molecule has 2 nitrogen and oxygen atoms in total. The van der Waals surface area contributed by atoms with Crippen molar-refractivity contribution in [1.29, 1.82) is 0 Å². The largest absolute Gasteiger partial charge is 0.459 e. The fourth-order valence-corrected chi connectivity index (χ4v) is 3.74. The van der Waals surface area contributed by atoms with E-state index in [4.69, 9.17) is 4.42 Å². The van der Waals surface area contributed by atoms with E-state index in [1.165, 1.54) is 37.5 Å². The molecular formula is C19H27NO. The number of hydrogen-bond donors (Lipinski definition) is 1. The predicted molar refractivity (Wildman–Crippen MR) is 88.4 cm³/mol. The van der Waals surface area contributed by atoms with Gasteiger partial charge in [-0.15, -0.1) is 0 Å². The molecule has 3 atom stereocenters. The third-order valence-corrected chi connectivity index (χ3v) is 4.81. The van der Waals surface area contributed by atoms with E-state index in [2.05, 4.69) is 43.4 Å². The van der Waals surface area contributed by atoms with Gasteiger partial charge in [0.1, 0.15) is 11.3 Å². The zero-order valence-electron chi connectivity index (χ0n) is 13.3. The highest BCUT2D eigenvalue weighted by molar-refractivity contribution is 5.77. The van der Waals surface area contributed by atoms with Crippen LogP contribution in [-0.4, -0.2) is 6.54 Å². The van der Waals surface area contributed by atoms with Gasteiger partial charge in [0.05, 0.1) is 6.04 Å². The predicted octanol–water partition coefficient (Wildman–Crippen LogP) is 5.30. The van der Waals surface area contributed by atoms with Crippen molar-refractivity contribution in [3.63, 3.8) is 0 Å². The molecule has 0 radical (unpaired) electrons. The van der Waals surface area contributed by atoms with E-state index in [1.54, 1.807) is 0 Å². The number of benzene rings is 1. The Morgan fingerprint density at radius 3 is 2.90 bits per heavy atom. The van der Waals surface area contributed by atoms with Crippen LogP contribution < -0.4 is 5.32 Å². The maximum absolute atomic E-state index is 6.15. The Bertz CT molecular complexity index is 541. The summed E-state index contributed by atoms with van der Waals surface area (Å²) >= 11 is 0. The average Bonchev–Trinajstić information content (AvgIpc) is 2.91. The third kappa shape index (κ3) is 3.32. The summed E-state index contributed by atoms with van der Waals surface area (Å²) in [5.41, 5.74) is 1.01. The molecular weight excluding hydrogens is 258 g/mol. The molecule has 2 heteroatoms. The van der Waals surface area contributed by atoms with E-state index in [-0.39, 0.29) is 0 Å². The van der Waals surface area contributed by atoms with Gasteiger partial charge in [-0.2, -0.15) is 0 Å². The number of rotatable bonds is 5. The fourth-order valence-electron chi connectivity index (χ4n) is 3.74. The van der Waals surface area contributed by atoms with Gasteiger partial charge in [0.25, 0.3) is 0 Å². The minimum Gasteiger partial charge on any atom is -0.459 e. The Morgan fingerprint density at radius 1 is 1.29 bits per heavy atom. The van der Waals surface area contributed by atoms with Gasteiger partial charge in [-0.1, -0.05) is 44.9 Å². The Hall–Kier alpha value is -1.28. The van der Waals surface area contributed by atoms with Crippen molar-refractivity contribution in [2.24, 2.45) is 11.8 Å². The van der Waals surface area contributed by atoms with Gasteiger partial charge in [-0.05, 0) is 49.8 Å². The van der Waals surface area contributed by atoms with Crippen molar-refractivity contribution in [1.82, 2.24) is 5.32 Å². The molecule has 0 aliphatic heterocycles. The Morgan fingerprint density at radius 2 is 2.14 bits per heavy atom. The maximum Gasteiger partial charge on any atom is 0.134 e. The SMILES string of the molecule is CCCNC(c1cc2ccccc2o1)C1CCCC(C)C1. The van der Waals surface area contributed by atoms with Gasteiger partial charge >= 0.3 is 0 Å². The molecule has 1 heterocycles. The van der Waals surface area contributed by atoms with Gasteiger partial charge in [-0.25, -0.2) is 0 Å². The second kappa shape index (κ2) is 6.65. The second-order valence-corrected chi connectivity index (χ2v) is 6.65. The Kier molecular flexibility index (Phi) is 4.64. The van der Waals surface area contributed by atoms with E-state index in [0.29, 0.717) is 12.0 Å². The van der Waals surface area contributed by atoms with Crippen LogP contribution in [0.5, 0.6) is 0 Å². The fraction of sp³-hybridized carbons (Fsp3) is 0.579. The highest BCUT2D eigenvalue weighted by Gasteiger charge is 2.29.